The van der Waals surface area contributed by atoms with E-state index < -0.39 is 0 Å². The zero-order valence-electron chi connectivity index (χ0n) is 11.3. The summed E-state index contributed by atoms with van der Waals surface area (Å²) in [7, 11) is 0. The van der Waals surface area contributed by atoms with E-state index in [1.807, 2.05) is 12.1 Å². The molecule has 1 aliphatic rings. The highest BCUT2D eigenvalue weighted by molar-refractivity contribution is 9.10. The zero-order valence-corrected chi connectivity index (χ0v) is 12.9. The van der Waals surface area contributed by atoms with Gasteiger partial charge in [-0.25, -0.2) is 0 Å². The van der Waals surface area contributed by atoms with Crippen molar-refractivity contribution in [3.63, 3.8) is 0 Å². The Morgan fingerprint density at radius 2 is 1.77 bits per heavy atom. The molecule has 0 saturated carbocycles. The van der Waals surface area contributed by atoms with Crippen LogP contribution < -0.4 is 9.47 Å². The van der Waals surface area contributed by atoms with E-state index in [-0.39, 0.29) is 6.79 Å². The molecule has 0 aromatic heterocycles. The number of fused-ring (bicyclic) bond motifs is 1. The minimum Gasteiger partial charge on any atom is -0.454 e. The second kappa shape index (κ2) is 5.93. The van der Waals surface area contributed by atoms with Gasteiger partial charge in [0.2, 0.25) is 6.79 Å². The Morgan fingerprint density at radius 3 is 2.41 bits per heavy atom. The summed E-state index contributed by atoms with van der Waals surface area (Å²) in [5.74, 6) is 1.34. The molecule has 0 N–H and O–H groups in total. The predicted octanol–water partition coefficient (Wildman–Crippen LogP) is 4.11. The van der Waals surface area contributed by atoms with Crippen LogP contribution in [0, 0.1) is 22.7 Å². The predicted molar refractivity (Wildman–Crippen MR) is 84.9 cm³/mol. The van der Waals surface area contributed by atoms with Gasteiger partial charge in [0.1, 0.15) is 0 Å². The summed E-state index contributed by atoms with van der Waals surface area (Å²) in [6, 6.07) is 14.8. The van der Waals surface area contributed by atoms with E-state index in [4.69, 9.17) is 14.7 Å². The first kappa shape index (κ1) is 14.2. The quantitative estimate of drug-likeness (QED) is 0.602. The van der Waals surface area contributed by atoms with Crippen molar-refractivity contribution in [1.82, 2.24) is 0 Å². The number of nitrogens with zero attached hydrogens (tertiary/aromatic N) is 2. The standard InChI is InChI=1S/C17H9BrN2O2/c18-15-7-17-16(21-10-22-17)6-13(15)5-14(9-20)12-3-1-11(8-19)2-4-12/h1-7H,10H2. The van der Waals surface area contributed by atoms with Gasteiger partial charge in [-0.1, -0.05) is 28.1 Å². The molecule has 0 unspecified atom stereocenters. The summed E-state index contributed by atoms with van der Waals surface area (Å²) in [5, 5.41) is 18.2. The smallest absolute Gasteiger partial charge is 0.231 e. The second-order valence-electron chi connectivity index (χ2n) is 4.59. The Morgan fingerprint density at radius 1 is 1.09 bits per heavy atom. The van der Waals surface area contributed by atoms with Crippen LogP contribution in [-0.2, 0) is 0 Å². The molecule has 0 radical (unpaired) electrons. The van der Waals surface area contributed by atoms with Crippen LogP contribution in [0.25, 0.3) is 11.6 Å². The van der Waals surface area contributed by atoms with E-state index in [0.717, 1.165) is 15.6 Å². The molecule has 1 heterocycles. The number of hydrogen-bond acceptors (Lipinski definition) is 4. The molecule has 2 aromatic carbocycles. The number of halogens is 1. The molecule has 0 spiro atoms. The van der Waals surface area contributed by atoms with Crippen molar-refractivity contribution < 1.29 is 9.47 Å². The van der Waals surface area contributed by atoms with Crippen LogP contribution in [-0.4, -0.2) is 6.79 Å². The van der Waals surface area contributed by atoms with Gasteiger partial charge in [0.15, 0.2) is 11.5 Å². The Kier molecular flexibility index (Phi) is 3.82. The summed E-state index contributed by atoms with van der Waals surface area (Å²) in [6.07, 6.45) is 1.77. The van der Waals surface area contributed by atoms with Crippen molar-refractivity contribution in [3.05, 3.63) is 57.6 Å². The topological polar surface area (TPSA) is 66.0 Å². The van der Waals surface area contributed by atoms with Crippen molar-refractivity contribution in [1.29, 1.82) is 10.5 Å². The SMILES string of the molecule is N#CC(=Cc1cc2c(cc1Br)OCO2)c1ccc(C#N)cc1. The molecule has 3 rings (SSSR count). The lowest BCUT2D eigenvalue weighted by atomic mass is 10.0. The van der Waals surface area contributed by atoms with Gasteiger partial charge in [-0.15, -0.1) is 0 Å². The fraction of sp³-hybridized carbons (Fsp3) is 0.0588. The Hall–Kier alpha value is -2.76. The zero-order chi connectivity index (χ0) is 15.5. The second-order valence-corrected chi connectivity index (χ2v) is 5.44. The molecule has 0 aliphatic carbocycles. The van der Waals surface area contributed by atoms with E-state index >= 15 is 0 Å². The molecule has 0 saturated heterocycles. The molecule has 0 atom stereocenters. The molecular formula is C17H9BrN2O2. The minimum absolute atomic E-state index is 0.204. The molecule has 0 amide bonds. The number of hydrogen-bond donors (Lipinski definition) is 0. The molecule has 5 heteroatoms. The number of nitriles is 2. The molecule has 106 valence electrons. The van der Waals surface area contributed by atoms with Gasteiger partial charge in [0.25, 0.3) is 0 Å². The molecule has 4 nitrogen and oxygen atoms in total. The third kappa shape index (κ3) is 2.67. The normalized spacial score (nSPS) is 12.6. The van der Waals surface area contributed by atoms with E-state index in [2.05, 4.69) is 28.1 Å². The van der Waals surface area contributed by atoms with E-state index in [9.17, 15) is 5.26 Å². The average molecular weight is 353 g/mol. The molecule has 0 bridgehead atoms. The van der Waals surface area contributed by atoms with Gasteiger partial charge < -0.3 is 9.47 Å². The van der Waals surface area contributed by atoms with Crippen LogP contribution in [0.2, 0.25) is 0 Å². The average Bonchev–Trinajstić information content (AvgIpc) is 2.99. The summed E-state index contributed by atoms with van der Waals surface area (Å²) < 4.78 is 11.5. The number of ether oxygens (including phenoxy) is 2. The largest absolute Gasteiger partial charge is 0.454 e. The Bertz CT molecular complexity index is 843. The molecule has 1 aliphatic heterocycles. The van der Waals surface area contributed by atoms with Gasteiger partial charge in [0.05, 0.1) is 23.3 Å². The third-order valence-corrected chi connectivity index (χ3v) is 3.92. The maximum absolute atomic E-state index is 9.40. The molecule has 22 heavy (non-hydrogen) atoms. The number of benzene rings is 2. The van der Waals surface area contributed by atoms with E-state index in [1.165, 1.54) is 0 Å². The fourth-order valence-electron chi connectivity index (χ4n) is 2.10. The highest BCUT2D eigenvalue weighted by Crippen LogP contribution is 2.38. The van der Waals surface area contributed by atoms with Crippen LogP contribution in [0.1, 0.15) is 16.7 Å². The first-order valence-electron chi connectivity index (χ1n) is 6.43. The first-order valence-corrected chi connectivity index (χ1v) is 7.22. The highest BCUT2D eigenvalue weighted by Gasteiger charge is 2.16. The number of allylic oxidation sites excluding steroid dienone is 1. The van der Waals surface area contributed by atoms with Crippen LogP contribution in [0.5, 0.6) is 11.5 Å². The number of rotatable bonds is 2. The maximum atomic E-state index is 9.40. The summed E-state index contributed by atoms with van der Waals surface area (Å²) in [4.78, 5) is 0. The van der Waals surface area contributed by atoms with Crippen molar-refractivity contribution in [2.75, 3.05) is 6.79 Å². The Labute approximate surface area is 135 Å². The van der Waals surface area contributed by atoms with Crippen LogP contribution in [0.3, 0.4) is 0 Å². The van der Waals surface area contributed by atoms with Crippen LogP contribution >= 0.6 is 15.9 Å². The van der Waals surface area contributed by atoms with E-state index in [0.29, 0.717) is 22.6 Å². The summed E-state index contributed by atoms with van der Waals surface area (Å²) >= 11 is 3.47. The maximum Gasteiger partial charge on any atom is 0.231 e. The van der Waals surface area contributed by atoms with E-state index in [1.54, 1.807) is 30.3 Å². The van der Waals surface area contributed by atoms with Gasteiger partial charge in [-0.2, -0.15) is 10.5 Å². The highest BCUT2D eigenvalue weighted by atomic mass is 79.9. The first-order chi connectivity index (χ1) is 10.7. The summed E-state index contributed by atoms with van der Waals surface area (Å²) in [6.45, 7) is 0.204. The summed E-state index contributed by atoms with van der Waals surface area (Å²) in [5.41, 5.74) is 2.64. The molecule has 2 aromatic rings. The molecule has 0 fully saturated rings. The fourth-order valence-corrected chi connectivity index (χ4v) is 2.54. The minimum atomic E-state index is 0.204. The van der Waals surface area contributed by atoms with Crippen molar-refractivity contribution in [2.45, 2.75) is 0 Å². The third-order valence-electron chi connectivity index (χ3n) is 3.24. The monoisotopic (exact) mass is 352 g/mol. The van der Waals surface area contributed by atoms with Crippen molar-refractivity contribution in [2.24, 2.45) is 0 Å². The van der Waals surface area contributed by atoms with Gasteiger partial charge in [0, 0.05) is 4.47 Å². The molecular weight excluding hydrogens is 344 g/mol. The van der Waals surface area contributed by atoms with Crippen LogP contribution in [0.15, 0.2) is 40.9 Å². The van der Waals surface area contributed by atoms with Crippen molar-refractivity contribution in [3.8, 4) is 23.6 Å². The van der Waals surface area contributed by atoms with Crippen molar-refractivity contribution >= 4 is 27.6 Å². The van der Waals surface area contributed by atoms with Gasteiger partial charge in [-0.3, -0.25) is 0 Å². The van der Waals surface area contributed by atoms with Crippen LogP contribution in [0.4, 0.5) is 0 Å². The van der Waals surface area contributed by atoms with Gasteiger partial charge >= 0.3 is 0 Å². The lowest BCUT2D eigenvalue weighted by Gasteiger charge is -2.04. The van der Waals surface area contributed by atoms with Gasteiger partial charge in [-0.05, 0) is 41.5 Å². The lowest BCUT2D eigenvalue weighted by Crippen LogP contribution is -1.92. The lowest BCUT2D eigenvalue weighted by molar-refractivity contribution is 0.174. The Balaban J connectivity index is 2.02.